The average Bonchev–Trinajstić information content (AvgIpc) is 3.50. The van der Waals surface area contributed by atoms with Gasteiger partial charge in [0, 0.05) is 6.20 Å². The van der Waals surface area contributed by atoms with Crippen molar-refractivity contribution in [1.82, 2.24) is 14.4 Å². The number of thiazole rings is 1. The highest BCUT2D eigenvalue weighted by molar-refractivity contribution is 7.22. The lowest BCUT2D eigenvalue weighted by atomic mass is 9.96. The first-order valence-corrected chi connectivity index (χ1v) is 12.5. The van der Waals surface area contributed by atoms with Gasteiger partial charge in [0.1, 0.15) is 17.1 Å². The summed E-state index contributed by atoms with van der Waals surface area (Å²) in [5.74, 6) is -1.98. The minimum Gasteiger partial charge on any atom is -0.508 e. The number of aromatic hydroxyl groups is 1. The van der Waals surface area contributed by atoms with Gasteiger partial charge in [-0.1, -0.05) is 35.6 Å². The number of aliphatic hydroxyl groups is 1. The van der Waals surface area contributed by atoms with Gasteiger partial charge in [-0.15, -0.1) is 0 Å². The summed E-state index contributed by atoms with van der Waals surface area (Å²) in [6.45, 7) is 5.68. The van der Waals surface area contributed by atoms with Crippen LogP contribution in [0.5, 0.6) is 5.75 Å². The third-order valence-corrected chi connectivity index (χ3v) is 7.59. The Morgan fingerprint density at radius 2 is 1.81 bits per heavy atom. The second-order valence-corrected chi connectivity index (χ2v) is 10.2. The Morgan fingerprint density at radius 3 is 2.59 bits per heavy atom. The van der Waals surface area contributed by atoms with E-state index in [4.69, 9.17) is 4.98 Å². The summed E-state index contributed by atoms with van der Waals surface area (Å²) in [5, 5.41) is 22.2. The van der Waals surface area contributed by atoms with E-state index in [1.54, 1.807) is 41.8 Å². The number of nitrogens with zero attached hydrogens (tertiary/aromatic N) is 4. The summed E-state index contributed by atoms with van der Waals surface area (Å²) in [4.78, 5) is 37.6. The minimum atomic E-state index is -0.997. The van der Waals surface area contributed by atoms with E-state index in [2.05, 4.69) is 4.98 Å². The highest BCUT2D eigenvalue weighted by Gasteiger charge is 2.48. The number of amides is 1. The molecule has 1 aliphatic rings. The van der Waals surface area contributed by atoms with Crippen LogP contribution in [0.15, 0.2) is 66.4 Å². The topological polar surface area (TPSA) is 108 Å². The van der Waals surface area contributed by atoms with Gasteiger partial charge in [0.2, 0.25) is 0 Å². The Morgan fingerprint density at radius 1 is 1.00 bits per heavy atom. The van der Waals surface area contributed by atoms with Gasteiger partial charge in [0.05, 0.1) is 27.5 Å². The first-order chi connectivity index (χ1) is 17.7. The molecule has 2 aromatic carbocycles. The lowest BCUT2D eigenvalue weighted by Gasteiger charge is -2.23. The molecular weight excluding hydrogens is 488 g/mol. The van der Waals surface area contributed by atoms with Crippen LogP contribution in [0.2, 0.25) is 0 Å². The Hall–Kier alpha value is -4.50. The number of hydrogen-bond acceptors (Lipinski definition) is 7. The summed E-state index contributed by atoms with van der Waals surface area (Å²) in [6.07, 6.45) is 1.74. The molecule has 1 amide bonds. The highest BCUT2D eigenvalue weighted by atomic mass is 32.1. The number of Topliss-reactive ketones (excluding diaryl/α,β-unsaturated/α-hetero) is 1. The number of hydrogen-bond donors (Lipinski definition) is 2. The molecule has 0 saturated carbocycles. The van der Waals surface area contributed by atoms with Gasteiger partial charge in [-0.3, -0.25) is 18.9 Å². The molecule has 1 saturated heterocycles. The zero-order valence-electron chi connectivity index (χ0n) is 20.3. The van der Waals surface area contributed by atoms with Crippen LogP contribution in [0.1, 0.15) is 34.1 Å². The van der Waals surface area contributed by atoms with Gasteiger partial charge in [-0.05, 0) is 67.8 Å². The fraction of sp³-hybridized carbons (Fsp3) is 0.143. The Labute approximate surface area is 215 Å². The van der Waals surface area contributed by atoms with Gasteiger partial charge in [0.25, 0.3) is 5.78 Å². The maximum atomic E-state index is 13.6. The number of anilines is 1. The zero-order chi connectivity index (χ0) is 26.0. The molecule has 0 bridgehead atoms. The molecule has 37 heavy (non-hydrogen) atoms. The molecule has 0 spiro atoms. The third-order valence-electron chi connectivity index (χ3n) is 6.58. The second-order valence-electron chi connectivity index (χ2n) is 9.16. The summed E-state index contributed by atoms with van der Waals surface area (Å²) >= 11 is 1.31. The van der Waals surface area contributed by atoms with Gasteiger partial charge in [-0.2, -0.15) is 0 Å². The Balaban J connectivity index is 1.63. The van der Waals surface area contributed by atoms with Crippen molar-refractivity contribution in [3.05, 3.63) is 94.4 Å². The normalized spacial score (nSPS) is 17.4. The predicted molar refractivity (Wildman–Crippen MR) is 142 cm³/mol. The molecule has 0 aliphatic carbocycles. The van der Waals surface area contributed by atoms with E-state index in [9.17, 15) is 19.8 Å². The van der Waals surface area contributed by atoms with Crippen molar-refractivity contribution in [2.24, 2.45) is 0 Å². The molecule has 4 heterocycles. The van der Waals surface area contributed by atoms with E-state index in [-0.39, 0.29) is 17.1 Å². The fourth-order valence-electron chi connectivity index (χ4n) is 5.03. The summed E-state index contributed by atoms with van der Waals surface area (Å²) in [5.41, 5.74) is 4.60. The predicted octanol–water partition coefficient (Wildman–Crippen LogP) is 5.20. The van der Waals surface area contributed by atoms with Gasteiger partial charge in [-0.25, -0.2) is 9.97 Å². The van der Waals surface area contributed by atoms with Crippen molar-refractivity contribution in [1.29, 1.82) is 0 Å². The van der Waals surface area contributed by atoms with Gasteiger partial charge in [0.15, 0.2) is 10.9 Å². The van der Waals surface area contributed by atoms with Crippen LogP contribution < -0.4 is 4.90 Å². The molecule has 3 aromatic heterocycles. The number of phenols is 1. The molecular formula is C28H22N4O4S. The molecule has 5 aromatic rings. The van der Waals surface area contributed by atoms with E-state index in [1.165, 1.54) is 28.4 Å². The molecule has 1 aliphatic heterocycles. The minimum absolute atomic E-state index is 0.0233. The van der Waals surface area contributed by atoms with Gasteiger partial charge >= 0.3 is 5.91 Å². The van der Waals surface area contributed by atoms with E-state index in [0.717, 1.165) is 21.3 Å². The molecule has 8 nitrogen and oxygen atoms in total. The lowest BCUT2D eigenvalue weighted by molar-refractivity contribution is -0.132. The number of imidazole rings is 1. The number of benzene rings is 2. The van der Waals surface area contributed by atoms with Crippen LogP contribution in [0.3, 0.4) is 0 Å². The second kappa shape index (κ2) is 8.28. The number of ketones is 1. The number of aliphatic hydroxyl groups excluding tert-OH is 1. The van der Waals surface area contributed by atoms with Crippen molar-refractivity contribution < 1.29 is 19.8 Å². The number of pyridine rings is 1. The smallest absolute Gasteiger partial charge is 0.301 e. The molecule has 184 valence electrons. The average molecular weight is 511 g/mol. The molecule has 1 unspecified atom stereocenters. The summed E-state index contributed by atoms with van der Waals surface area (Å²) in [6, 6.07) is 14.8. The maximum absolute atomic E-state index is 13.6. The summed E-state index contributed by atoms with van der Waals surface area (Å²) < 4.78 is 2.57. The zero-order valence-corrected chi connectivity index (χ0v) is 21.1. The molecule has 1 fully saturated rings. The molecule has 2 N–H and O–H groups in total. The van der Waals surface area contributed by atoms with Crippen LogP contribution in [0.4, 0.5) is 5.13 Å². The van der Waals surface area contributed by atoms with Crippen LogP contribution in [-0.4, -0.2) is 36.3 Å². The quantitative estimate of drug-likeness (QED) is 0.196. The molecule has 1 atom stereocenters. The maximum Gasteiger partial charge on any atom is 0.301 e. The number of phenolic OH excluding ortho intramolecular Hbond substituents is 1. The fourth-order valence-corrected chi connectivity index (χ4v) is 6.20. The van der Waals surface area contributed by atoms with Crippen LogP contribution in [-0.2, 0) is 9.59 Å². The van der Waals surface area contributed by atoms with E-state index in [1.807, 2.05) is 32.0 Å². The molecule has 6 rings (SSSR count). The van der Waals surface area contributed by atoms with Crippen molar-refractivity contribution in [2.75, 3.05) is 4.90 Å². The van der Waals surface area contributed by atoms with Crippen LogP contribution >= 0.6 is 11.3 Å². The number of fused-ring (bicyclic) bond motifs is 2. The largest absolute Gasteiger partial charge is 0.508 e. The van der Waals surface area contributed by atoms with Gasteiger partial charge < -0.3 is 10.2 Å². The Bertz CT molecular complexity index is 1800. The molecule has 0 radical (unpaired) electrons. The van der Waals surface area contributed by atoms with E-state index >= 15 is 0 Å². The lowest BCUT2D eigenvalue weighted by Crippen LogP contribution is -2.29. The van der Waals surface area contributed by atoms with E-state index < -0.39 is 17.7 Å². The molecule has 9 heteroatoms. The summed E-state index contributed by atoms with van der Waals surface area (Å²) in [7, 11) is 0. The van der Waals surface area contributed by atoms with Crippen molar-refractivity contribution in [3.8, 4) is 5.75 Å². The number of aromatic nitrogens is 3. The van der Waals surface area contributed by atoms with Crippen LogP contribution in [0.25, 0.3) is 21.6 Å². The van der Waals surface area contributed by atoms with Crippen molar-refractivity contribution in [2.45, 2.75) is 26.8 Å². The number of aryl methyl sites for hydroxylation is 3. The monoisotopic (exact) mass is 510 g/mol. The number of rotatable bonds is 3. The van der Waals surface area contributed by atoms with E-state index in [0.29, 0.717) is 27.7 Å². The van der Waals surface area contributed by atoms with Crippen molar-refractivity contribution in [3.63, 3.8) is 0 Å². The third kappa shape index (κ3) is 3.50. The first kappa shape index (κ1) is 22.9. The van der Waals surface area contributed by atoms with Crippen molar-refractivity contribution >= 4 is 49.8 Å². The number of carbonyl (C=O) groups is 2. The Kier molecular flexibility index (Phi) is 5.13. The standard InChI is InChI=1S/C28H22N4O4S/c1-14-11-15(2)22-19(12-14)37-28(30-22)32-24(17-7-6-8-18(33)13-17)21(26(35)27(32)36)25(34)23-16(3)29-20-9-4-5-10-31(20)23/h4-13,24,33-34H,1-3H3/b25-21+. The first-order valence-electron chi connectivity index (χ1n) is 11.7. The highest BCUT2D eigenvalue weighted by Crippen LogP contribution is 2.45. The number of carbonyl (C=O) groups excluding carboxylic acids is 2. The SMILES string of the molecule is Cc1cc(C)c2nc(N3C(=O)C(=O)/C(=C(/O)c4c(C)nc5ccccn45)C3c3cccc(O)c3)sc2c1. The van der Waals surface area contributed by atoms with Crippen LogP contribution in [0, 0.1) is 20.8 Å².